The number of hydrogen-bond donors (Lipinski definition) is 0. The highest BCUT2D eigenvalue weighted by Gasteiger charge is 2.19. The van der Waals surface area contributed by atoms with Crippen LogP contribution < -0.4 is 9.47 Å². The molecule has 7 nitrogen and oxygen atoms in total. The van der Waals surface area contributed by atoms with Crippen molar-refractivity contribution in [3.05, 3.63) is 72.6 Å². The van der Waals surface area contributed by atoms with Crippen molar-refractivity contribution in [3.8, 4) is 22.9 Å². The Morgan fingerprint density at radius 2 is 1.68 bits per heavy atom. The molecule has 0 fully saturated rings. The van der Waals surface area contributed by atoms with Crippen molar-refractivity contribution in [3.63, 3.8) is 0 Å². The van der Waals surface area contributed by atoms with Gasteiger partial charge in [0.2, 0.25) is 11.7 Å². The van der Waals surface area contributed by atoms with Crippen molar-refractivity contribution in [2.75, 3.05) is 20.8 Å². The standard InChI is InChI=1S/C21H21N3O4/c1-4-13-24(21(25)16-7-11-18(27-3)12-8-16)14-19-22-20(23-28-19)15-5-9-17(26-2)10-6-15/h4-12H,1,13-14H2,2-3H3. The van der Waals surface area contributed by atoms with Gasteiger partial charge in [0.15, 0.2) is 0 Å². The minimum atomic E-state index is -0.160. The van der Waals surface area contributed by atoms with Crippen molar-refractivity contribution in [2.24, 2.45) is 0 Å². The van der Waals surface area contributed by atoms with Gasteiger partial charge >= 0.3 is 0 Å². The first-order valence-electron chi connectivity index (χ1n) is 8.66. The number of hydrogen-bond acceptors (Lipinski definition) is 6. The van der Waals surface area contributed by atoms with E-state index in [4.69, 9.17) is 14.0 Å². The van der Waals surface area contributed by atoms with Gasteiger partial charge in [-0.05, 0) is 48.5 Å². The number of aromatic nitrogens is 2. The average molecular weight is 379 g/mol. The van der Waals surface area contributed by atoms with E-state index >= 15 is 0 Å². The van der Waals surface area contributed by atoms with Crippen LogP contribution in [0.4, 0.5) is 0 Å². The summed E-state index contributed by atoms with van der Waals surface area (Å²) in [6, 6.07) is 14.3. The molecule has 2 aromatic carbocycles. The molecule has 0 bridgehead atoms. The summed E-state index contributed by atoms with van der Waals surface area (Å²) in [6.45, 7) is 4.26. The Bertz CT molecular complexity index is 933. The second-order valence-corrected chi connectivity index (χ2v) is 5.94. The number of amides is 1. The van der Waals surface area contributed by atoms with E-state index in [1.54, 1.807) is 49.5 Å². The van der Waals surface area contributed by atoms with Crippen LogP contribution >= 0.6 is 0 Å². The lowest BCUT2D eigenvalue weighted by Gasteiger charge is -2.19. The van der Waals surface area contributed by atoms with E-state index in [1.165, 1.54) is 0 Å². The highest BCUT2D eigenvalue weighted by atomic mass is 16.5. The second-order valence-electron chi connectivity index (χ2n) is 5.94. The maximum Gasteiger partial charge on any atom is 0.254 e. The lowest BCUT2D eigenvalue weighted by Crippen LogP contribution is -2.30. The van der Waals surface area contributed by atoms with Crippen molar-refractivity contribution >= 4 is 5.91 Å². The van der Waals surface area contributed by atoms with Crippen molar-refractivity contribution < 1.29 is 18.8 Å². The minimum absolute atomic E-state index is 0.160. The Labute approximate surface area is 163 Å². The fraction of sp³-hybridized carbons (Fsp3) is 0.190. The minimum Gasteiger partial charge on any atom is -0.497 e. The zero-order valence-corrected chi connectivity index (χ0v) is 15.8. The van der Waals surface area contributed by atoms with Gasteiger partial charge in [0.25, 0.3) is 5.91 Å². The molecule has 0 saturated carbocycles. The third-order valence-corrected chi connectivity index (χ3v) is 4.12. The van der Waals surface area contributed by atoms with Crippen molar-refractivity contribution in [1.82, 2.24) is 15.0 Å². The molecule has 0 unspecified atom stereocenters. The Kier molecular flexibility index (Phi) is 6.06. The largest absolute Gasteiger partial charge is 0.497 e. The topological polar surface area (TPSA) is 77.7 Å². The summed E-state index contributed by atoms with van der Waals surface area (Å²) in [6.07, 6.45) is 1.65. The highest BCUT2D eigenvalue weighted by Crippen LogP contribution is 2.20. The van der Waals surface area contributed by atoms with Crippen LogP contribution in [0, 0.1) is 0 Å². The molecule has 0 saturated heterocycles. The van der Waals surface area contributed by atoms with E-state index in [-0.39, 0.29) is 12.5 Å². The van der Waals surface area contributed by atoms with Crippen LogP contribution in [0.1, 0.15) is 16.2 Å². The smallest absolute Gasteiger partial charge is 0.254 e. The Morgan fingerprint density at radius 1 is 1.07 bits per heavy atom. The Morgan fingerprint density at radius 3 is 2.25 bits per heavy atom. The van der Waals surface area contributed by atoms with Gasteiger partial charge in [0.1, 0.15) is 18.0 Å². The fourth-order valence-corrected chi connectivity index (χ4v) is 2.63. The number of carbonyl (C=O) groups is 1. The van der Waals surface area contributed by atoms with Crippen LogP contribution in [0.25, 0.3) is 11.4 Å². The van der Waals surface area contributed by atoms with E-state index < -0.39 is 0 Å². The molecule has 0 aliphatic heterocycles. The van der Waals surface area contributed by atoms with Gasteiger partial charge in [-0.3, -0.25) is 4.79 Å². The quantitative estimate of drug-likeness (QED) is 0.557. The molecular weight excluding hydrogens is 358 g/mol. The molecule has 144 valence electrons. The van der Waals surface area contributed by atoms with Crippen molar-refractivity contribution in [2.45, 2.75) is 6.54 Å². The molecule has 1 aromatic heterocycles. The van der Waals surface area contributed by atoms with Gasteiger partial charge in [0.05, 0.1) is 14.2 Å². The van der Waals surface area contributed by atoms with Crippen LogP contribution in [0.2, 0.25) is 0 Å². The third-order valence-electron chi connectivity index (χ3n) is 4.12. The molecule has 0 radical (unpaired) electrons. The molecule has 0 spiro atoms. The van der Waals surface area contributed by atoms with Crippen LogP contribution in [0.3, 0.4) is 0 Å². The molecule has 1 amide bonds. The molecule has 0 atom stereocenters. The lowest BCUT2D eigenvalue weighted by molar-refractivity contribution is 0.0745. The molecule has 0 aliphatic carbocycles. The van der Waals surface area contributed by atoms with Gasteiger partial charge < -0.3 is 18.9 Å². The number of carbonyl (C=O) groups excluding carboxylic acids is 1. The number of ether oxygens (including phenoxy) is 2. The lowest BCUT2D eigenvalue weighted by atomic mass is 10.2. The summed E-state index contributed by atoms with van der Waals surface area (Å²) >= 11 is 0. The molecule has 3 rings (SSSR count). The van der Waals surface area contributed by atoms with E-state index in [9.17, 15) is 4.79 Å². The number of benzene rings is 2. The zero-order valence-electron chi connectivity index (χ0n) is 15.8. The SMILES string of the molecule is C=CCN(Cc1nc(-c2ccc(OC)cc2)no1)C(=O)c1ccc(OC)cc1. The van der Waals surface area contributed by atoms with Crippen LogP contribution in [-0.4, -0.2) is 41.7 Å². The molecule has 1 heterocycles. The third kappa shape index (κ3) is 4.37. The summed E-state index contributed by atoms with van der Waals surface area (Å²) < 4.78 is 15.6. The summed E-state index contributed by atoms with van der Waals surface area (Å²) in [7, 11) is 3.19. The summed E-state index contributed by atoms with van der Waals surface area (Å²) in [5.74, 6) is 2.07. The normalized spacial score (nSPS) is 10.4. The molecule has 7 heteroatoms. The van der Waals surface area contributed by atoms with Gasteiger partial charge in [0, 0.05) is 17.7 Å². The molecule has 0 N–H and O–H groups in total. The van der Waals surface area contributed by atoms with E-state index in [0.29, 0.717) is 29.6 Å². The second kappa shape index (κ2) is 8.85. The predicted octanol–water partition coefficient (Wildman–Crippen LogP) is 3.58. The number of methoxy groups -OCH3 is 2. The van der Waals surface area contributed by atoms with Gasteiger partial charge in [-0.15, -0.1) is 6.58 Å². The molecule has 3 aromatic rings. The predicted molar refractivity (Wildman–Crippen MR) is 104 cm³/mol. The number of rotatable bonds is 8. The summed E-state index contributed by atoms with van der Waals surface area (Å²) in [5, 5.41) is 4.00. The highest BCUT2D eigenvalue weighted by molar-refractivity contribution is 5.94. The van der Waals surface area contributed by atoms with Gasteiger partial charge in [-0.25, -0.2) is 0 Å². The maximum absolute atomic E-state index is 12.8. The first-order chi connectivity index (χ1) is 13.6. The first kappa shape index (κ1) is 19.2. The Hall–Kier alpha value is -3.61. The average Bonchev–Trinajstić information content (AvgIpc) is 3.21. The fourth-order valence-electron chi connectivity index (χ4n) is 2.63. The zero-order chi connectivity index (χ0) is 19.9. The van der Waals surface area contributed by atoms with Crippen LogP contribution in [0.5, 0.6) is 11.5 Å². The molecular formula is C21H21N3O4. The Balaban J connectivity index is 1.75. The van der Waals surface area contributed by atoms with Crippen LogP contribution in [0.15, 0.2) is 65.7 Å². The summed E-state index contributed by atoms with van der Waals surface area (Å²) in [5.41, 5.74) is 1.34. The maximum atomic E-state index is 12.8. The van der Waals surface area contributed by atoms with Crippen LogP contribution in [-0.2, 0) is 6.54 Å². The first-order valence-corrected chi connectivity index (χ1v) is 8.66. The molecule has 28 heavy (non-hydrogen) atoms. The molecule has 0 aliphatic rings. The van der Waals surface area contributed by atoms with E-state index in [0.717, 1.165) is 11.3 Å². The van der Waals surface area contributed by atoms with Crippen molar-refractivity contribution in [1.29, 1.82) is 0 Å². The van der Waals surface area contributed by atoms with E-state index in [2.05, 4.69) is 16.7 Å². The summed E-state index contributed by atoms with van der Waals surface area (Å²) in [4.78, 5) is 18.8. The number of nitrogens with zero attached hydrogens (tertiary/aromatic N) is 3. The monoisotopic (exact) mass is 379 g/mol. The van der Waals surface area contributed by atoms with Gasteiger partial charge in [-0.2, -0.15) is 4.98 Å². The van der Waals surface area contributed by atoms with E-state index in [1.807, 2.05) is 24.3 Å². The van der Waals surface area contributed by atoms with Gasteiger partial charge in [-0.1, -0.05) is 11.2 Å².